The maximum absolute atomic E-state index is 12.6. The number of anilines is 1. The lowest BCUT2D eigenvalue weighted by molar-refractivity contribution is -0.112. The molecular weight excluding hydrogens is 459 g/mol. The van der Waals surface area contributed by atoms with Crippen molar-refractivity contribution < 1.29 is 14.3 Å². The minimum absolute atomic E-state index is 0.159. The number of ether oxygens (including phenoxy) is 1. The number of para-hydroxylation sites is 1. The lowest BCUT2D eigenvalue weighted by Gasteiger charge is -2.09. The van der Waals surface area contributed by atoms with Gasteiger partial charge in [-0.05, 0) is 48.5 Å². The van der Waals surface area contributed by atoms with Crippen molar-refractivity contribution in [2.75, 3.05) is 5.32 Å². The van der Waals surface area contributed by atoms with E-state index in [-0.39, 0.29) is 27.1 Å². The van der Waals surface area contributed by atoms with Gasteiger partial charge in [0, 0.05) is 10.6 Å². The molecule has 154 valence electrons. The first kappa shape index (κ1) is 22.4. The highest BCUT2D eigenvalue weighted by molar-refractivity contribution is 6.44. The molecule has 0 aliphatic carbocycles. The molecule has 0 saturated carbocycles. The van der Waals surface area contributed by atoms with E-state index in [0.717, 1.165) is 0 Å². The maximum atomic E-state index is 12.6. The summed E-state index contributed by atoms with van der Waals surface area (Å²) in [6.45, 7) is 0. The van der Waals surface area contributed by atoms with Gasteiger partial charge in [0.05, 0.1) is 21.3 Å². The van der Waals surface area contributed by atoms with Crippen LogP contribution < -0.4 is 10.1 Å². The van der Waals surface area contributed by atoms with Gasteiger partial charge in [0.25, 0.3) is 5.91 Å². The third-order valence-electron chi connectivity index (χ3n) is 4.07. The number of esters is 1. The number of carbonyl (C=O) groups excluding carboxylic acids is 2. The third kappa shape index (κ3) is 5.65. The van der Waals surface area contributed by atoms with Gasteiger partial charge < -0.3 is 10.1 Å². The van der Waals surface area contributed by atoms with Crippen LogP contribution in [0.1, 0.15) is 15.9 Å². The van der Waals surface area contributed by atoms with Crippen LogP contribution in [0.25, 0.3) is 6.08 Å². The zero-order valence-corrected chi connectivity index (χ0v) is 18.0. The summed E-state index contributed by atoms with van der Waals surface area (Å²) in [7, 11) is 0. The van der Waals surface area contributed by atoms with Crippen LogP contribution in [0.4, 0.5) is 5.69 Å². The van der Waals surface area contributed by atoms with Gasteiger partial charge in [-0.3, -0.25) is 4.79 Å². The number of nitrogens with one attached hydrogen (secondary N) is 1. The molecule has 1 N–H and O–H groups in total. The molecule has 0 atom stereocenters. The molecule has 0 aromatic heterocycles. The van der Waals surface area contributed by atoms with Crippen LogP contribution in [0.5, 0.6) is 5.75 Å². The Bertz CT molecular complexity index is 1220. The standard InChI is InChI=1S/C23H13Cl3N2O3/c24-17-10-8-14(9-11-17)23(30)31-20-7-2-1-4-15(20)12-16(13-27)22(29)28-19-6-3-5-18(25)21(19)26/h1-12H,(H,28,29)/b16-12+. The first-order valence-electron chi connectivity index (χ1n) is 8.83. The highest BCUT2D eigenvalue weighted by Gasteiger charge is 2.15. The SMILES string of the molecule is N#C/C(=C\c1ccccc1OC(=O)c1ccc(Cl)cc1)C(=O)Nc1cccc(Cl)c1Cl. The molecule has 5 nitrogen and oxygen atoms in total. The molecule has 0 spiro atoms. The smallest absolute Gasteiger partial charge is 0.343 e. The van der Waals surface area contributed by atoms with E-state index in [2.05, 4.69) is 5.32 Å². The largest absolute Gasteiger partial charge is 0.422 e. The zero-order valence-electron chi connectivity index (χ0n) is 15.7. The molecule has 0 radical (unpaired) electrons. The average Bonchev–Trinajstić information content (AvgIpc) is 2.76. The molecule has 0 heterocycles. The van der Waals surface area contributed by atoms with Crippen molar-refractivity contribution >= 4 is 58.4 Å². The highest BCUT2D eigenvalue weighted by Crippen LogP contribution is 2.30. The van der Waals surface area contributed by atoms with E-state index in [0.29, 0.717) is 16.1 Å². The summed E-state index contributed by atoms with van der Waals surface area (Å²) in [5, 5.41) is 12.9. The van der Waals surface area contributed by atoms with Crippen LogP contribution in [0.15, 0.2) is 72.3 Å². The number of amides is 1. The first-order valence-corrected chi connectivity index (χ1v) is 9.96. The Labute approximate surface area is 193 Å². The Hall–Kier alpha value is -3.30. The van der Waals surface area contributed by atoms with Crippen molar-refractivity contribution in [1.82, 2.24) is 0 Å². The van der Waals surface area contributed by atoms with Gasteiger partial charge in [-0.1, -0.05) is 59.1 Å². The topological polar surface area (TPSA) is 79.2 Å². The minimum atomic E-state index is -0.689. The van der Waals surface area contributed by atoms with E-state index in [1.807, 2.05) is 6.07 Å². The summed E-state index contributed by atoms with van der Waals surface area (Å²) in [5.74, 6) is -1.11. The second-order valence-electron chi connectivity index (χ2n) is 6.16. The molecule has 3 aromatic carbocycles. The Balaban J connectivity index is 1.85. The fourth-order valence-corrected chi connectivity index (χ4v) is 3.01. The third-order valence-corrected chi connectivity index (χ3v) is 5.14. The number of nitrogens with zero attached hydrogens (tertiary/aromatic N) is 1. The molecule has 0 fully saturated rings. The van der Waals surface area contributed by atoms with Crippen molar-refractivity contribution in [3.8, 4) is 11.8 Å². The van der Waals surface area contributed by atoms with Crippen molar-refractivity contribution in [3.63, 3.8) is 0 Å². The van der Waals surface area contributed by atoms with Gasteiger partial charge in [-0.25, -0.2) is 4.79 Å². The van der Waals surface area contributed by atoms with E-state index in [1.165, 1.54) is 18.2 Å². The van der Waals surface area contributed by atoms with Gasteiger partial charge >= 0.3 is 5.97 Å². The Morgan fingerprint density at radius 2 is 1.65 bits per heavy atom. The molecule has 8 heteroatoms. The normalized spacial score (nSPS) is 10.8. The van der Waals surface area contributed by atoms with Crippen molar-refractivity contribution in [2.45, 2.75) is 0 Å². The lowest BCUT2D eigenvalue weighted by atomic mass is 10.1. The number of halogens is 3. The number of benzene rings is 3. The van der Waals surface area contributed by atoms with Gasteiger partial charge in [0.1, 0.15) is 17.4 Å². The predicted octanol–water partition coefficient (Wildman–Crippen LogP) is 6.41. The fraction of sp³-hybridized carbons (Fsp3) is 0. The summed E-state index contributed by atoms with van der Waals surface area (Å²) in [6, 6.07) is 19.3. The molecule has 3 aromatic rings. The molecule has 0 bridgehead atoms. The van der Waals surface area contributed by atoms with E-state index in [4.69, 9.17) is 39.5 Å². The molecule has 0 unspecified atom stereocenters. The van der Waals surface area contributed by atoms with Crippen LogP contribution in [0.3, 0.4) is 0 Å². The number of hydrogen-bond acceptors (Lipinski definition) is 4. The number of nitriles is 1. The first-order chi connectivity index (χ1) is 14.9. The minimum Gasteiger partial charge on any atom is -0.422 e. The fourth-order valence-electron chi connectivity index (χ4n) is 2.53. The molecule has 1 amide bonds. The Morgan fingerprint density at radius 1 is 0.935 bits per heavy atom. The van der Waals surface area contributed by atoms with Crippen molar-refractivity contribution in [3.05, 3.63) is 98.5 Å². The Kier molecular flexibility index (Phi) is 7.32. The number of carbonyl (C=O) groups is 2. The summed E-state index contributed by atoms with van der Waals surface area (Å²) < 4.78 is 5.44. The van der Waals surface area contributed by atoms with Crippen LogP contribution in [0.2, 0.25) is 15.1 Å². The molecule has 0 aliphatic heterocycles. The van der Waals surface area contributed by atoms with E-state index >= 15 is 0 Å². The molecule has 0 saturated heterocycles. The number of hydrogen-bond donors (Lipinski definition) is 1. The van der Waals surface area contributed by atoms with E-state index in [9.17, 15) is 14.9 Å². The second kappa shape index (κ2) is 10.1. The van der Waals surface area contributed by atoms with Crippen LogP contribution in [-0.4, -0.2) is 11.9 Å². The average molecular weight is 472 g/mol. The van der Waals surface area contributed by atoms with Gasteiger partial charge in [-0.2, -0.15) is 5.26 Å². The maximum Gasteiger partial charge on any atom is 0.343 e. The summed E-state index contributed by atoms with van der Waals surface area (Å²) in [5.41, 5.74) is 0.722. The van der Waals surface area contributed by atoms with Crippen molar-refractivity contribution in [2.24, 2.45) is 0 Å². The van der Waals surface area contributed by atoms with Crippen LogP contribution in [-0.2, 0) is 4.79 Å². The molecule has 31 heavy (non-hydrogen) atoms. The molecular formula is C23H13Cl3N2O3. The van der Waals surface area contributed by atoms with Crippen LogP contribution >= 0.6 is 34.8 Å². The summed E-state index contributed by atoms with van der Waals surface area (Å²) >= 11 is 17.9. The monoisotopic (exact) mass is 470 g/mol. The quantitative estimate of drug-likeness (QED) is 0.202. The Morgan fingerprint density at radius 3 is 2.35 bits per heavy atom. The van der Waals surface area contributed by atoms with E-state index < -0.39 is 11.9 Å². The van der Waals surface area contributed by atoms with Gasteiger partial charge in [0.15, 0.2) is 0 Å². The highest BCUT2D eigenvalue weighted by atomic mass is 35.5. The lowest BCUT2D eigenvalue weighted by Crippen LogP contribution is -2.14. The number of rotatable bonds is 5. The molecule has 3 rings (SSSR count). The summed E-state index contributed by atoms with van der Waals surface area (Å²) in [4.78, 5) is 25.0. The summed E-state index contributed by atoms with van der Waals surface area (Å²) in [6.07, 6.45) is 1.32. The van der Waals surface area contributed by atoms with Crippen molar-refractivity contribution in [1.29, 1.82) is 5.26 Å². The zero-order chi connectivity index (χ0) is 22.4. The second-order valence-corrected chi connectivity index (χ2v) is 7.38. The predicted molar refractivity (Wildman–Crippen MR) is 122 cm³/mol. The van der Waals surface area contributed by atoms with Crippen LogP contribution in [0, 0.1) is 11.3 Å². The van der Waals surface area contributed by atoms with Gasteiger partial charge in [0.2, 0.25) is 0 Å². The molecule has 0 aliphatic rings. The van der Waals surface area contributed by atoms with E-state index in [1.54, 1.807) is 54.6 Å². The van der Waals surface area contributed by atoms with Gasteiger partial charge in [-0.15, -0.1) is 0 Å².